The van der Waals surface area contributed by atoms with Gasteiger partial charge in [0.1, 0.15) is 10.6 Å². The van der Waals surface area contributed by atoms with E-state index in [1.807, 2.05) is 0 Å². The minimum Gasteiger partial charge on any atom is -0.324 e. The van der Waals surface area contributed by atoms with E-state index in [-0.39, 0.29) is 22.2 Å². The molecular weight excluding hydrogens is 457 g/mol. The van der Waals surface area contributed by atoms with E-state index in [9.17, 15) is 14.0 Å². The van der Waals surface area contributed by atoms with Crippen LogP contribution < -0.4 is 10.9 Å². The number of benzene rings is 1. The number of nitrogens with zero attached hydrogens (tertiary/aromatic N) is 2. The third-order valence-corrected chi connectivity index (χ3v) is 7.67. The lowest BCUT2D eigenvalue weighted by Gasteiger charge is -2.17. The highest BCUT2D eigenvalue weighted by Gasteiger charge is 2.24. The minimum absolute atomic E-state index is 0.0327. The number of allylic oxidation sites excluding steroid dienone is 1. The standard InChI is InChI=1S/C22H21ClFN3O2S2/c1-3-8-27-21(29)19-14-6-4-12(2)9-17(14)31-20(19)26-22(27)30-11-18(28)25-16-7-5-13(24)10-15(16)23/h3,5,7,10,12H,1,4,6,8-9,11H2,2H3,(H,25,28). The molecule has 1 aliphatic rings. The molecule has 31 heavy (non-hydrogen) atoms. The lowest BCUT2D eigenvalue weighted by molar-refractivity contribution is -0.113. The number of carbonyl (C=O) groups excluding carboxylic acids is 1. The molecule has 9 heteroatoms. The smallest absolute Gasteiger partial charge is 0.263 e. The van der Waals surface area contributed by atoms with Crippen LogP contribution >= 0.6 is 34.7 Å². The first-order chi connectivity index (χ1) is 14.9. The summed E-state index contributed by atoms with van der Waals surface area (Å²) in [5, 5.41) is 3.97. The average molecular weight is 478 g/mol. The topological polar surface area (TPSA) is 64.0 Å². The third kappa shape index (κ3) is 4.56. The zero-order valence-corrected chi connectivity index (χ0v) is 19.3. The molecule has 0 saturated carbocycles. The Balaban J connectivity index is 1.60. The van der Waals surface area contributed by atoms with Crippen LogP contribution in [0.4, 0.5) is 10.1 Å². The maximum atomic E-state index is 13.3. The third-order valence-electron chi connectivity index (χ3n) is 5.23. The summed E-state index contributed by atoms with van der Waals surface area (Å²) in [5.41, 5.74) is 1.38. The first kappa shape index (κ1) is 22.0. The van der Waals surface area contributed by atoms with Crippen LogP contribution in [0.2, 0.25) is 5.02 Å². The van der Waals surface area contributed by atoms with E-state index < -0.39 is 5.82 Å². The lowest BCUT2D eigenvalue weighted by Crippen LogP contribution is -2.24. The summed E-state index contributed by atoms with van der Waals surface area (Å²) in [7, 11) is 0. The maximum absolute atomic E-state index is 13.3. The summed E-state index contributed by atoms with van der Waals surface area (Å²) in [6, 6.07) is 3.78. The van der Waals surface area contributed by atoms with Gasteiger partial charge < -0.3 is 5.32 Å². The maximum Gasteiger partial charge on any atom is 0.263 e. The van der Waals surface area contributed by atoms with Gasteiger partial charge in [0, 0.05) is 11.4 Å². The lowest BCUT2D eigenvalue weighted by atomic mass is 9.89. The van der Waals surface area contributed by atoms with Crippen molar-refractivity contribution in [3.8, 4) is 0 Å². The van der Waals surface area contributed by atoms with Gasteiger partial charge in [-0.2, -0.15) is 0 Å². The molecule has 0 radical (unpaired) electrons. The summed E-state index contributed by atoms with van der Waals surface area (Å²) in [6.45, 7) is 6.29. The van der Waals surface area contributed by atoms with Gasteiger partial charge in [-0.1, -0.05) is 36.4 Å². The Bertz CT molecular complexity index is 1240. The van der Waals surface area contributed by atoms with Gasteiger partial charge in [-0.15, -0.1) is 17.9 Å². The van der Waals surface area contributed by atoms with E-state index in [0.717, 1.165) is 35.7 Å². The SMILES string of the molecule is C=CCn1c(SCC(=O)Nc2ccc(F)cc2Cl)nc2sc3c(c2c1=O)CCC(C)C3. The van der Waals surface area contributed by atoms with Crippen LogP contribution in [0, 0.1) is 11.7 Å². The zero-order chi connectivity index (χ0) is 22.1. The van der Waals surface area contributed by atoms with E-state index in [1.165, 1.54) is 28.8 Å². The van der Waals surface area contributed by atoms with Crippen LogP contribution in [0.3, 0.4) is 0 Å². The number of hydrogen-bond acceptors (Lipinski definition) is 5. The van der Waals surface area contributed by atoms with Crippen molar-refractivity contribution in [3.63, 3.8) is 0 Å². The Morgan fingerprint density at radius 2 is 2.32 bits per heavy atom. The number of aryl methyl sites for hydroxylation is 1. The van der Waals surface area contributed by atoms with Gasteiger partial charge in [0.25, 0.3) is 5.56 Å². The molecule has 1 unspecified atom stereocenters. The van der Waals surface area contributed by atoms with Gasteiger partial charge in [-0.05, 0) is 48.9 Å². The summed E-state index contributed by atoms with van der Waals surface area (Å²) in [4.78, 5) is 32.4. The second-order valence-corrected chi connectivity index (χ2v) is 10.0. The van der Waals surface area contributed by atoms with Crippen LogP contribution in [-0.2, 0) is 24.2 Å². The van der Waals surface area contributed by atoms with Crippen molar-refractivity contribution in [1.82, 2.24) is 9.55 Å². The highest BCUT2D eigenvalue weighted by Crippen LogP contribution is 2.36. The number of anilines is 1. The molecule has 2 heterocycles. The number of rotatable bonds is 6. The van der Waals surface area contributed by atoms with E-state index in [0.29, 0.717) is 28.7 Å². The van der Waals surface area contributed by atoms with E-state index in [2.05, 4.69) is 18.8 Å². The molecule has 162 valence electrons. The van der Waals surface area contributed by atoms with Crippen molar-refractivity contribution in [2.24, 2.45) is 5.92 Å². The first-order valence-electron chi connectivity index (χ1n) is 9.91. The van der Waals surface area contributed by atoms with Gasteiger partial charge in [-0.3, -0.25) is 14.2 Å². The Labute approximate surface area is 192 Å². The van der Waals surface area contributed by atoms with Crippen LogP contribution in [0.25, 0.3) is 10.2 Å². The molecule has 4 rings (SSSR count). The summed E-state index contributed by atoms with van der Waals surface area (Å²) >= 11 is 8.74. The fourth-order valence-electron chi connectivity index (χ4n) is 3.71. The molecule has 1 atom stereocenters. The quantitative estimate of drug-likeness (QED) is 0.297. The van der Waals surface area contributed by atoms with Crippen molar-refractivity contribution < 1.29 is 9.18 Å². The molecule has 1 aliphatic carbocycles. The van der Waals surface area contributed by atoms with Gasteiger partial charge in [0.05, 0.1) is 21.8 Å². The Morgan fingerprint density at radius 1 is 1.52 bits per heavy atom. The van der Waals surface area contributed by atoms with Gasteiger partial charge in [0.15, 0.2) is 5.16 Å². The predicted molar refractivity (Wildman–Crippen MR) is 126 cm³/mol. The Morgan fingerprint density at radius 3 is 3.06 bits per heavy atom. The summed E-state index contributed by atoms with van der Waals surface area (Å²) < 4.78 is 14.8. The molecule has 0 bridgehead atoms. The molecule has 1 amide bonds. The molecule has 1 N–H and O–H groups in total. The molecule has 0 saturated heterocycles. The summed E-state index contributed by atoms with van der Waals surface area (Å²) in [5.74, 6) is -0.161. The number of fused-ring (bicyclic) bond motifs is 3. The minimum atomic E-state index is -0.476. The van der Waals surface area contributed by atoms with Crippen LogP contribution in [0.15, 0.2) is 40.8 Å². The van der Waals surface area contributed by atoms with E-state index >= 15 is 0 Å². The number of halogens is 2. The normalized spacial score (nSPS) is 15.6. The van der Waals surface area contributed by atoms with E-state index in [1.54, 1.807) is 22.0 Å². The molecule has 0 spiro atoms. The molecule has 2 aromatic heterocycles. The fraction of sp³-hybridized carbons (Fsp3) is 0.318. The Kier molecular flexibility index (Phi) is 6.50. The van der Waals surface area contributed by atoms with Gasteiger partial charge in [-0.25, -0.2) is 9.37 Å². The first-order valence-corrected chi connectivity index (χ1v) is 12.1. The highest BCUT2D eigenvalue weighted by atomic mass is 35.5. The number of hydrogen-bond donors (Lipinski definition) is 1. The number of thioether (sulfide) groups is 1. The molecule has 0 fully saturated rings. The van der Waals surface area contributed by atoms with Gasteiger partial charge >= 0.3 is 0 Å². The average Bonchev–Trinajstić information content (AvgIpc) is 3.08. The zero-order valence-electron chi connectivity index (χ0n) is 16.9. The number of nitrogens with one attached hydrogen (secondary N) is 1. The van der Waals surface area contributed by atoms with Gasteiger partial charge in [0.2, 0.25) is 5.91 Å². The highest BCUT2D eigenvalue weighted by molar-refractivity contribution is 7.99. The van der Waals surface area contributed by atoms with Crippen molar-refractivity contribution in [2.75, 3.05) is 11.1 Å². The van der Waals surface area contributed by atoms with Crippen molar-refractivity contribution in [1.29, 1.82) is 0 Å². The summed E-state index contributed by atoms with van der Waals surface area (Å²) in [6.07, 6.45) is 4.59. The number of aromatic nitrogens is 2. The van der Waals surface area contributed by atoms with E-state index in [4.69, 9.17) is 16.6 Å². The predicted octanol–water partition coefficient (Wildman–Crippen LogP) is 5.29. The molecule has 1 aromatic carbocycles. The second kappa shape index (κ2) is 9.14. The molecule has 5 nitrogen and oxygen atoms in total. The Hall–Kier alpha value is -2.16. The van der Waals surface area contributed by atoms with Crippen LogP contribution in [-0.4, -0.2) is 21.2 Å². The largest absolute Gasteiger partial charge is 0.324 e. The fourth-order valence-corrected chi connectivity index (χ4v) is 6.16. The second-order valence-electron chi connectivity index (χ2n) is 7.59. The molecular formula is C22H21ClFN3O2S2. The van der Waals surface area contributed by atoms with Crippen molar-refractivity contribution >= 4 is 56.5 Å². The monoisotopic (exact) mass is 477 g/mol. The van der Waals surface area contributed by atoms with Crippen molar-refractivity contribution in [2.45, 2.75) is 37.9 Å². The molecule has 0 aliphatic heterocycles. The number of carbonyl (C=O) groups is 1. The van der Waals surface area contributed by atoms with Crippen LogP contribution in [0.5, 0.6) is 0 Å². The molecule has 3 aromatic rings. The number of amides is 1. The number of thiophene rings is 1. The van der Waals surface area contributed by atoms with Crippen molar-refractivity contribution in [3.05, 3.63) is 62.5 Å². The van der Waals surface area contributed by atoms with Crippen LogP contribution in [0.1, 0.15) is 23.8 Å².